The number of hydrogen-bond donors (Lipinski definition) is 1. The van der Waals surface area contributed by atoms with E-state index < -0.39 is 27.2 Å². The predicted octanol–water partition coefficient (Wildman–Crippen LogP) is 3.32. The van der Waals surface area contributed by atoms with E-state index in [1.807, 2.05) is 6.92 Å². The Bertz CT molecular complexity index is 1390. The molecule has 4 aromatic rings. The SMILES string of the molecule is COc1cccc(-c2nnc(NS(=O)(=O)[C@@H](C)[C@H](C)c3ncc(Cl)cn3)n2[C@H](C)c2ccon2)n1. The van der Waals surface area contributed by atoms with Gasteiger partial charge < -0.3 is 9.26 Å². The summed E-state index contributed by atoms with van der Waals surface area (Å²) in [6.07, 6.45) is 4.28. The summed E-state index contributed by atoms with van der Waals surface area (Å²) in [5.74, 6) is 0.508. The highest BCUT2D eigenvalue weighted by Gasteiger charge is 2.32. The minimum atomic E-state index is -3.95. The molecule has 35 heavy (non-hydrogen) atoms. The van der Waals surface area contributed by atoms with Crippen LogP contribution in [0, 0.1) is 0 Å². The van der Waals surface area contributed by atoms with Gasteiger partial charge in [0, 0.05) is 30.4 Å². The monoisotopic (exact) mass is 518 g/mol. The molecule has 3 atom stereocenters. The number of anilines is 1. The molecular formula is C21H23ClN8O4S. The van der Waals surface area contributed by atoms with Crippen molar-refractivity contribution in [2.45, 2.75) is 38.0 Å². The van der Waals surface area contributed by atoms with E-state index in [9.17, 15) is 8.42 Å². The van der Waals surface area contributed by atoms with E-state index in [-0.39, 0.29) is 5.95 Å². The first-order chi connectivity index (χ1) is 16.7. The maximum Gasteiger partial charge on any atom is 0.239 e. The van der Waals surface area contributed by atoms with Crippen LogP contribution in [0.25, 0.3) is 11.5 Å². The molecule has 0 aliphatic carbocycles. The first-order valence-electron chi connectivity index (χ1n) is 10.6. The highest BCUT2D eigenvalue weighted by molar-refractivity contribution is 7.93. The maximum absolute atomic E-state index is 13.3. The number of hydrogen-bond acceptors (Lipinski definition) is 10. The lowest BCUT2D eigenvalue weighted by Crippen LogP contribution is -2.32. The smallest absolute Gasteiger partial charge is 0.239 e. The van der Waals surface area contributed by atoms with Crippen molar-refractivity contribution in [1.29, 1.82) is 0 Å². The Labute approximate surface area is 206 Å². The number of pyridine rings is 1. The van der Waals surface area contributed by atoms with Gasteiger partial charge in [0.2, 0.25) is 21.9 Å². The second kappa shape index (κ2) is 9.96. The fraction of sp³-hybridized carbons (Fsp3) is 0.333. The molecule has 4 aromatic heterocycles. The molecule has 0 saturated heterocycles. The van der Waals surface area contributed by atoms with Crippen LogP contribution in [0.15, 0.2) is 47.4 Å². The maximum atomic E-state index is 13.3. The van der Waals surface area contributed by atoms with Crippen molar-refractivity contribution in [1.82, 2.24) is 34.9 Å². The van der Waals surface area contributed by atoms with Crippen molar-refractivity contribution in [2.75, 3.05) is 11.8 Å². The van der Waals surface area contributed by atoms with Crippen LogP contribution in [-0.4, -0.2) is 55.7 Å². The van der Waals surface area contributed by atoms with E-state index in [1.54, 1.807) is 42.7 Å². The third-order valence-electron chi connectivity index (χ3n) is 5.61. The van der Waals surface area contributed by atoms with Gasteiger partial charge in [0.05, 0.1) is 23.4 Å². The highest BCUT2D eigenvalue weighted by atomic mass is 35.5. The summed E-state index contributed by atoms with van der Waals surface area (Å²) in [5.41, 5.74) is 0.985. The van der Waals surface area contributed by atoms with Crippen molar-refractivity contribution in [3.05, 3.63) is 59.5 Å². The number of ether oxygens (including phenoxy) is 1. The normalized spacial score (nSPS) is 14.3. The number of nitrogens with zero attached hydrogens (tertiary/aromatic N) is 7. The first kappa shape index (κ1) is 24.5. The Kier molecular flexibility index (Phi) is 6.98. The zero-order valence-electron chi connectivity index (χ0n) is 19.3. The zero-order valence-corrected chi connectivity index (χ0v) is 20.9. The molecule has 0 spiro atoms. The van der Waals surface area contributed by atoms with Crippen molar-refractivity contribution in [3.8, 4) is 17.4 Å². The number of aromatic nitrogens is 7. The van der Waals surface area contributed by atoms with Crippen LogP contribution in [0.3, 0.4) is 0 Å². The fourth-order valence-electron chi connectivity index (χ4n) is 3.38. The second-order valence-electron chi connectivity index (χ2n) is 7.78. The third-order valence-corrected chi connectivity index (χ3v) is 7.65. The lowest BCUT2D eigenvalue weighted by molar-refractivity contribution is 0.397. The average molecular weight is 519 g/mol. The van der Waals surface area contributed by atoms with Crippen LogP contribution >= 0.6 is 11.6 Å². The first-order valence-corrected chi connectivity index (χ1v) is 12.5. The average Bonchev–Trinajstić information content (AvgIpc) is 3.53. The van der Waals surface area contributed by atoms with Crippen LogP contribution in [0.1, 0.15) is 44.2 Å². The number of rotatable bonds is 9. The van der Waals surface area contributed by atoms with Gasteiger partial charge >= 0.3 is 0 Å². The van der Waals surface area contributed by atoms with Crippen molar-refractivity contribution in [3.63, 3.8) is 0 Å². The number of nitrogens with one attached hydrogen (secondary N) is 1. The fourth-order valence-corrected chi connectivity index (χ4v) is 4.72. The third kappa shape index (κ3) is 5.10. The minimum absolute atomic E-state index is 0.00352. The molecule has 0 radical (unpaired) electrons. The van der Waals surface area contributed by atoms with Gasteiger partial charge in [-0.15, -0.1) is 10.2 Å². The molecule has 0 saturated carbocycles. The molecular weight excluding hydrogens is 496 g/mol. The zero-order chi connectivity index (χ0) is 25.2. The quantitative estimate of drug-likeness (QED) is 0.349. The standard InChI is InChI=1S/C21H23ClN8O4S/c1-12(19-23-10-15(22)11-24-19)14(3)35(31,32)29-21-27-26-20(17-6-5-7-18(25-17)33-4)30(21)13(2)16-8-9-34-28-16/h5-14H,1-4H3,(H,27,29)/t12-,13+,14-/m0/s1. The lowest BCUT2D eigenvalue weighted by atomic mass is 10.1. The van der Waals surface area contributed by atoms with E-state index in [1.165, 1.54) is 25.8 Å². The Morgan fingerprint density at radius 3 is 2.51 bits per heavy atom. The minimum Gasteiger partial charge on any atom is -0.481 e. The predicted molar refractivity (Wildman–Crippen MR) is 128 cm³/mol. The topological polar surface area (TPSA) is 151 Å². The van der Waals surface area contributed by atoms with Crippen LogP contribution < -0.4 is 9.46 Å². The van der Waals surface area contributed by atoms with Crippen LogP contribution in [0.2, 0.25) is 5.02 Å². The Morgan fingerprint density at radius 1 is 1.11 bits per heavy atom. The summed E-state index contributed by atoms with van der Waals surface area (Å²) in [7, 11) is -2.45. The molecule has 14 heteroatoms. The molecule has 0 aliphatic rings. The van der Waals surface area contributed by atoms with Crippen LogP contribution in [0.5, 0.6) is 5.88 Å². The molecule has 0 aliphatic heterocycles. The van der Waals surface area contributed by atoms with E-state index in [4.69, 9.17) is 20.9 Å². The molecule has 12 nitrogen and oxygen atoms in total. The summed E-state index contributed by atoms with van der Waals surface area (Å²) >= 11 is 5.86. The molecule has 184 valence electrons. The second-order valence-corrected chi connectivity index (χ2v) is 10.3. The molecule has 1 N–H and O–H groups in total. The van der Waals surface area contributed by atoms with Gasteiger partial charge in [0.25, 0.3) is 0 Å². The molecule has 0 unspecified atom stereocenters. The van der Waals surface area contributed by atoms with Crippen LogP contribution in [0.4, 0.5) is 5.95 Å². The van der Waals surface area contributed by atoms with Gasteiger partial charge in [-0.05, 0) is 19.9 Å². The molecule has 0 aromatic carbocycles. The largest absolute Gasteiger partial charge is 0.481 e. The highest BCUT2D eigenvalue weighted by Crippen LogP contribution is 2.30. The van der Waals surface area contributed by atoms with Crippen LogP contribution in [-0.2, 0) is 10.0 Å². The van der Waals surface area contributed by atoms with Crippen molar-refractivity contribution in [2.24, 2.45) is 0 Å². The van der Waals surface area contributed by atoms with Gasteiger partial charge in [-0.3, -0.25) is 9.29 Å². The number of halogens is 1. The summed E-state index contributed by atoms with van der Waals surface area (Å²) in [4.78, 5) is 12.7. The van der Waals surface area contributed by atoms with Gasteiger partial charge in [0.15, 0.2) is 5.82 Å². The van der Waals surface area contributed by atoms with Gasteiger partial charge in [0.1, 0.15) is 23.5 Å². The summed E-state index contributed by atoms with van der Waals surface area (Å²) < 4.78 is 41.1. The Balaban J connectivity index is 1.72. The molecule has 0 fully saturated rings. The van der Waals surface area contributed by atoms with E-state index in [0.717, 1.165) is 0 Å². The molecule has 0 amide bonds. The lowest BCUT2D eigenvalue weighted by Gasteiger charge is -2.21. The summed E-state index contributed by atoms with van der Waals surface area (Å²) in [6.45, 7) is 5.11. The molecule has 4 heterocycles. The van der Waals surface area contributed by atoms with E-state index >= 15 is 0 Å². The Hall–Kier alpha value is -3.58. The summed E-state index contributed by atoms with van der Waals surface area (Å²) in [6, 6.07) is 6.35. The van der Waals surface area contributed by atoms with E-state index in [0.29, 0.717) is 33.9 Å². The summed E-state index contributed by atoms with van der Waals surface area (Å²) in [5, 5.41) is 11.8. The molecule has 4 rings (SSSR count). The van der Waals surface area contributed by atoms with Crippen molar-refractivity contribution >= 4 is 27.6 Å². The van der Waals surface area contributed by atoms with Crippen molar-refractivity contribution < 1.29 is 17.7 Å². The van der Waals surface area contributed by atoms with Gasteiger partial charge in [-0.1, -0.05) is 29.7 Å². The number of sulfonamides is 1. The van der Waals surface area contributed by atoms with E-state index in [2.05, 4.69) is 35.0 Å². The van der Waals surface area contributed by atoms with Gasteiger partial charge in [-0.2, -0.15) is 0 Å². The molecule has 0 bridgehead atoms. The Morgan fingerprint density at radius 2 is 1.86 bits per heavy atom. The van der Waals surface area contributed by atoms with Gasteiger partial charge in [-0.25, -0.2) is 23.4 Å². The number of methoxy groups -OCH3 is 1.